The van der Waals surface area contributed by atoms with Gasteiger partial charge in [-0.2, -0.15) is 13.2 Å². The molecule has 2 rings (SSSR count). The highest BCUT2D eigenvalue weighted by Gasteiger charge is 2.35. The second kappa shape index (κ2) is 6.71. The predicted molar refractivity (Wildman–Crippen MR) is 74.0 cm³/mol. The summed E-state index contributed by atoms with van der Waals surface area (Å²) in [6.07, 6.45) is -4.06. The lowest BCUT2D eigenvalue weighted by atomic mass is 10.00. The molecular weight excluding hydrogens is 349 g/mol. The van der Waals surface area contributed by atoms with Crippen LogP contribution in [0.25, 0.3) is 0 Å². The van der Waals surface area contributed by atoms with Gasteiger partial charge in [0.05, 0.1) is 22.7 Å². The van der Waals surface area contributed by atoms with Gasteiger partial charge >= 0.3 is 12.1 Å². The number of esters is 1. The minimum Gasteiger partial charge on any atom is -0.461 e. The van der Waals surface area contributed by atoms with Gasteiger partial charge in [-0.15, -0.1) is 0 Å². The van der Waals surface area contributed by atoms with E-state index in [1.54, 1.807) is 0 Å². The zero-order valence-electron chi connectivity index (χ0n) is 12.5. The summed E-state index contributed by atoms with van der Waals surface area (Å²) in [5.74, 6) is -2.10. The summed E-state index contributed by atoms with van der Waals surface area (Å²) in [6, 6.07) is 1.42. The predicted octanol–water partition coefficient (Wildman–Crippen LogP) is 3.01. The van der Waals surface area contributed by atoms with Crippen LogP contribution in [-0.2, 0) is 10.9 Å². The number of nitro groups is 1. The standard InChI is InChI=1S/C14H9F3N2O6/c1-2-24-13(21)11-9(6-25-18-11)12(20)8-4-3-7(14(15,16)17)5-10(8)19(22)23/h3-6H,2H2,1H3. The second-order valence-electron chi connectivity index (χ2n) is 4.61. The van der Waals surface area contributed by atoms with E-state index in [0.29, 0.717) is 12.1 Å². The molecule has 0 radical (unpaired) electrons. The van der Waals surface area contributed by atoms with Crippen molar-refractivity contribution in [2.24, 2.45) is 0 Å². The van der Waals surface area contributed by atoms with E-state index in [4.69, 9.17) is 0 Å². The van der Waals surface area contributed by atoms with Crippen LogP contribution < -0.4 is 0 Å². The minimum absolute atomic E-state index is 0.0280. The Hall–Kier alpha value is -3.24. The van der Waals surface area contributed by atoms with Crippen LogP contribution in [0.3, 0.4) is 0 Å². The number of nitrogens with zero attached hydrogens (tertiary/aromatic N) is 2. The molecule has 0 unspecified atom stereocenters. The number of ketones is 1. The molecule has 0 spiro atoms. The number of hydrogen-bond donors (Lipinski definition) is 0. The maximum absolute atomic E-state index is 12.7. The lowest BCUT2D eigenvalue weighted by molar-refractivity contribution is -0.385. The molecule has 0 saturated heterocycles. The minimum atomic E-state index is -4.82. The molecule has 132 valence electrons. The molecule has 1 heterocycles. The third kappa shape index (κ3) is 3.65. The smallest absolute Gasteiger partial charge is 0.416 e. The molecule has 11 heteroatoms. The number of benzene rings is 1. The van der Waals surface area contributed by atoms with Gasteiger partial charge in [0.25, 0.3) is 5.69 Å². The van der Waals surface area contributed by atoms with Crippen LogP contribution in [0.1, 0.15) is 38.9 Å². The van der Waals surface area contributed by atoms with Gasteiger partial charge in [-0.05, 0) is 19.1 Å². The quantitative estimate of drug-likeness (QED) is 0.349. The van der Waals surface area contributed by atoms with Crippen molar-refractivity contribution in [1.82, 2.24) is 5.16 Å². The number of aromatic nitrogens is 1. The Morgan fingerprint density at radius 3 is 2.56 bits per heavy atom. The average Bonchev–Trinajstić information content (AvgIpc) is 3.02. The number of carbonyl (C=O) groups is 2. The number of ether oxygens (including phenoxy) is 1. The molecule has 0 bridgehead atoms. The summed E-state index contributed by atoms with van der Waals surface area (Å²) in [5, 5.41) is 14.3. The molecule has 0 atom stereocenters. The van der Waals surface area contributed by atoms with E-state index < -0.39 is 50.9 Å². The van der Waals surface area contributed by atoms with Gasteiger partial charge < -0.3 is 9.26 Å². The average molecular weight is 358 g/mol. The van der Waals surface area contributed by atoms with Gasteiger partial charge in [0.15, 0.2) is 0 Å². The van der Waals surface area contributed by atoms with E-state index in [-0.39, 0.29) is 12.7 Å². The number of hydrogen-bond acceptors (Lipinski definition) is 7. The van der Waals surface area contributed by atoms with Gasteiger partial charge in [-0.1, -0.05) is 5.16 Å². The third-order valence-electron chi connectivity index (χ3n) is 3.05. The molecule has 0 aliphatic carbocycles. The topological polar surface area (TPSA) is 113 Å². The number of rotatable bonds is 5. The van der Waals surface area contributed by atoms with Crippen molar-refractivity contribution in [3.8, 4) is 0 Å². The number of alkyl halides is 3. The number of halogens is 3. The van der Waals surface area contributed by atoms with Crippen molar-refractivity contribution in [3.05, 3.63) is 57.0 Å². The lowest BCUT2D eigenvalue weighted by Gasteiger charge is -2.08. The fourth-order valence-corrected chi connectivity index (χ4v) is 1.94. The Bertz CT molecular complexity index is 843. The van der Waals surface area contributed by atoms with Crippen molar-refractivity contribution in [2.75, 3.05) is 6.61 Å². The normalized spacial score (nSPS) is 11.2. The zero-order valence-corrected chi connectivity index (χ0v) is 12.5. The van der Waals surface area contributed by atoms with Crippen LogP contribution >= 0.6 is 0 Å². The zero-order chi connectivity index (χ0) is 18.8. The van der Waals surface area contributed by atoms with Gasteiger partial charge in [-0.25, -0.2) is 4.79 Å². The van der Waals surface area contributed by atoms with Crippen LogP contribution in [0.15, 0.2) is 29.0 Å². The summed E-state index contributed by atoms with van der Waals surface area (Å²) < 4.78 is 47.3. The van der Waals surface area contributed by atoms with Crippen molar-refractivity contribution >= 4 is 17.4 Å². The Labute approximate surface area is 137 Å². The summed E-state index contributed by atoms with van der Waals surface area (Å²) in [4.78, 5) is 34.0. The van der Waals surface area contributed by atoms with Gasteiger partial charge in [0.1, 0.15) is 11.8 Å². The van der Waals surface area contributed by atoms with Crippen molar-refractivity contribution in [2.45, 2.75) is 13.1 Å². The number of carbonyl (C=O) groups excluding carboxylic acids is 2. The maximum Gasteiger partial charge on any atom is 0.416 e. The first-order valence-electron chi connectivity index (χ1n) is 6.68. The molecule has 1 aromatic carbocycles. The summed E-state index contributed by atoms with van der Waals surface area (Å²) in [5.41, 5.74) is -3.98. The molecular formula is C14H9F3N2O6. The van der Waals surface area contributed by atoms with E-state index >= 15 is 0 Å². The maximum atomic E-state index is 12.7. The molecule has 8 nitrogen and oxygen atoms in total. The van der Waals surface area contributed by atoms with Crippen LogP contribution in [0.2, 0.25) is 0 Å². The highest BCUT2D eigenvalue weighted by atomic mass is 19.4. The van der Waals surface area contributed by atoms with Crippen LogP contribution in [0, 0.1) is 10.1 Å². The lowest BCUT2D eigenvalue weighted by Crippen LogP contribution is -2.14. The molecule has 0 fully saturated rings. The molecule has 2 aromatic rings. The highest BCUT2D eigenvalue weighted by molar-refractivity contribution is 6.15. The monoisotopic (exact) mass is 358 g/mol. The van der Waals surface area contributed by atoms with Crippen molar-refractivity contribution in [1.29, 1.82) is 0 Å². The molecule has 25 heavy (non-hydrogen) atoms. The molecule has 0 N–H and O–H groups in total. The van der Waals surface area contributed by atoms with E-state index in [2.05, 4.69) is 14.4 Å². The molecule has 0 amide bonds. The first kappa shape index (κ1) is 18.1. The van der Waals surface area contributed by atoms with E-state index in [1.165, 1.54) is 6.92 Å². The summed E-state index contributed by atoms with van der Waals surface area (Å²) in [6.45, 7) is 1.47. The van der Waals surface area contributed by atoms with E-state index in [1.807, 2.05) is 0 Å². The van der Waals surface area contributed by atoms with E-state index in [9.17, 15) is 32.9 Å². The fraction of sp³-hybridized carbons (Fsp3) is 0.214. The fourth-order valence-electron chi connectivity index (χ4n) is 1.94. The molecule has 0 saturated carbocycles. The Kier molecular flexibility index (Phi) is 4.86. The second-order valence-corrected chi connectivity index (χ2v) is 4.61. The van der Waals surface area contributed by atoms with Gasteiger partial charge in [0.2, 0.25) is 11.5 Å². The van der Waals surface area contributed by atoms with Crippen LogP contribution in [0.4, 0.5) is 18.9 Å². The Balaban J connectivity index is 2.52. The first-order chi connectivity index (χ1) is 11.7. The molecule has 1 aromatic heterocycles. The third-order valence-corrected chi connectivity index (χ3v) is 3.05. The number of nitro benzene ring substituents is 1. The Morgan fingerprint density at radius 2 is 2.00 bits per heavy atom. The molecule has 0 aliphatic rings. The van der Waals surface area contributed by atoms with Crippen LogP contribution in [-0.4, -0.2) is 28.4 Å². The molecule has 0 aliphatic heterocycles. The first-order valence-corrected chi connectivity index (χ1v) is 6.68. The Morgan fingerprint density at radius 1 is 1.32 bits per heavy atom. The van der Waals surface area contributed by atoms with Gasteiger partial charge in [-0.3, -0.25) is 14.9 Å². The SMILES string of the molecule is CCOC(=O)c1nocc1C(=O)c1ccc(C(F)(F)F)cc1[N+](=O)[O-]. The van der Waals surface area contributed by atoms with E-state index in [0.717, 1.165) is 6.26 Å². The largest absolute Gasteiger partial charge is 0.461 e. The summed E-state index contributed by atoms with van der Waals surface area (Å²) >= 11 is 0. The highest BCUT2D eigenvalue weighted by Crippen LogP contribution is 2.34. The van der Waals surface area contributed by atoms with Gasteiger partial charge in [0, 0.05) is 6.07 Å². The van der Waals surface area contributed by atoms with Crippen molar-refractivity contribution in [3.63, 3.8) is 0 Å². The van der Waals surface area contributed by atoms with Crippen molar-refractivity contribution < 1.29 is 36.9 Å². The van der Waals surface area contributed by atoms with Crippen LogP contribution in [0.5, 0.6) is 0 Å². The summed E-state index contributed by atoms with van der Waals surface area (Å²) in [7, 11) is 0.